The van der Waals surface area contributed by atoms with E-state index in [9.17, 15) is 0 Å². The zero-order valence-corrected chi connectivity index (χ0v) is 18.1. The number of aryl methyl sites for hydroxylation is 1. The molecule has 0 unspecified atom stereocenters. The maximum atomic E-state index is 2.37. The van der Waals surface area contributed by atoms with E-state index in [1.165, 1.54) is 48.1 Å². The maximum Gasteiger partial charge on any atom is 0.228 e. The quantitative estimate of drug-likeness (QED) is 0.307. The fourth-order valence-electron chi connectivity index (χ4n) is 4.56. The predicted octanol–water partition coefficient (Wildman–Crippen LogP) is 6.10. The van der Waals surface area contributed by atoms with Crippen molar-refractivity contribution in [3.05, 3.63) is 115 Å². The highest BCUT2D eigenvalue weighted by Gasteiger charge is 2.22. The van der Waals surface area contributed by atoms with Crippen molar-refractivity contribution in [2.24, 2.45) is 0 Å². The number of hydrogen-bond acceptors (Lipinski definition) is 1. The Kier molecular flexibility index (Phi) is 4.29. The molecule has 2 aromatic carbocycles. The lowest BCUT2D eigenvalue weighted by molar-refractivity contribution is -0.678. The molecule has 2 nitrogen and oxygen atoms in total. The minimum Gasteiger partial charge on any atom is -0.194 e. The van der Waals surface area contributed by atoms with Crippen LogP contribution in [0.15, 0.2) is 104 Å². The smallest absolute Gasteiger partial charge is 0.194 e. The molecule has 6 rings (SSSR count). The predicted molar refractivity (Wildman–Crippen MR) is 128 cm³/mol. The second kappa shape index (κ2) is 7.29. The Labute approximate surface area is 185 Å². The zero-order chi connectivity index (χ0) is 20.8. The first kappa shape index (κ1) is 18.2. The van der Waals surface area contributed by atoms with Crippen LogP contribution in [0.4, 0.5) is 0 Å². The largest absolute Gasteiger partial charge is 0.228 e. The normalized spacial score (nSPS) is 11.5. The van der Waals surface area contributed by atoms with E-state index in [-0.39, 0.29) is 0 Å². The van der Waals surface area contributed by atoms with E-state index in [1.807, 2.05) is 11.3 Å². The van der Waals surface area contributed by atoms with Gasteiger partial charge in [0.05, 0.1) is 5.56 Å². The van der Waals surface area contributed by atoms with Crippen LogP contribution in [0, 0.1) is 6.92 Å². The van der Waals surface area contributed by atoms with Crippen molar-refractivity contribution in [2.75, 3.05) is 0 Å². The summed E-state index contributed by atoms with van der Waals surface area (Å²) in [6.07, 6.45) is 6.65. The van der Waals surface area contributed by atoms with E-state index in [4.69, 9.17) is 0 Å². The Balaban J connectivity index is 1.62. The molecule has 0 N–H and O–H groups in total. The summed E-state index contributed by atoms with van der Waals surface area (Å²) < 4.78 is 7.34. The molecule has 0 aliphatic carbocycles. The molecular formula is C28H22N2S+2. The molecule has 148 valence electrons. The van der Waals surface area contributed by atoms with Crippen LogP contribution in [0.5, 0.6) is 0 Å². The summed E-state index contributed by atoms with van der Waals surface area (Å²) in [7, 11) is 0. The molecule has 4 aromatic heterocycles. The average Bonchev–Trinajstić information content (AvgIpc) is 3.20. The van der Waals surface area contributed by atoms with Gasteiger partial charge in [0, 0.05) is 45.3 Å². The van der Waals surface area contributed by atoms with Gasteiger partial charge in [-0.05, 0) is 36.8 Å². The Morgan fingerprint density at radius 3 is 2.48 bits per heavy atom. The number of thiophene rings is 1. The van der Waals surface area contributed by atoms with Crippen LogP contribution in [0.3, 0.4) is 0 Å². The van der Waals surface area contributed by atoms with E-state index in [0.717, 1.165) is 6.54 Å². The van der Waals surface area contributed by atoms with Crippen molar-refractivity contribution in [3.8, 4) is 11.3 Å². The molecule has 0 aliphatic rings. The average molecular weight is 419 g/mol. The van der Waals surface area contributed by atoms with Gasteiger partial charge < -0.3 is 0 Å². The molecule has 0 fully saturated rings. The van der Waals surface area contributed by atoms with Crippen molar-refractivity contribution in [1.82, 2.24) is 0 Å². The van der Waals surface area contributed by atoms with Gasteiger partial charge in [-0.25, -0.2) is 0 Å². The van der Waals surface area contributed by atoms with Crippen LogP contribution in [-0.2, 0) is 6.54 Å². The summed E-state index contributed by atoms with van der Waals surface area (Å²) in [5.41, 5.74) is 6.41. The Morgan fingerprint density at radius 1 is 0.774 bits per heavy atom. The number of benzene rings is 2. The van der Waals surface area contributed by atoms with Crippen LogP contribution < -0.4 is 8.97 Å². The Morgan fingerprint density at radius 2 is 1.55 bits per heavy atom. The minimum absolute atomic E-state index is 0.819. The molecule has 3 heteroatoms. The van der Waals surface area contributed by atoms with Gasteiger partial charge in [0.2, 0.25) is 11.2 Å². The molecule has 0 saturated heterocycles. The molecule has 6 aromatic rings. The third-order valence-corrected chi connectivity index (χ3v) is 7.23. The van der Waals surface area contributed by atoms with Gasteiger partial charge in [0.15, 0.2) is 25.1 Å². The molecular weight excluding hydrogens is 396 g/mol. The van der Waals surface area contributed by atoms with Crippen molar-refractivity contribution in [1.29, 1.82) is 0 Å². The monoisotopic (exact) mass is 418 g/mol. The lowest BCUT2D eigenvalue weighted by atomic mass is 10.0. The lowest BCUT2D eigenvalue weighted by Crippen LogP contribution is -2.37. The summed E-state index contributed by atoms with van der Waals surface area (Å²) in [6, 6.07) is 30.3. The van der Waals surface area contributed by atoms with E-state index in [0.29, 0.717) is 0 Å². The van der Waals surface area contributed by atoms with E-state index in [1.54, 1.807) is 0 Å². The molecule has 0 amide bonds. The van der Waals surface area contributed by atoms with E-state index in [2.05, 4.69) is 119 Å². The first-order valence-corrected chi connectivity index (χ1v) is 11.4. The number of rotatable bonds is 3. The van der Waals surface area contributed by atoms with E-state index >= 15 is 0 Å². The molecule has 0 aliphatic heterocycles. The SMILES string of the molecule is Cc1ccccc1-c1cccc[n+]1Cc1c[n+]2ccccc2c2sc3ccccc3c12. The van der Waals surface area contributed by atoms with Gasteiger partial charge in [-0.2, -0.15) is 8.97 Å². The molecule has 0 saturated carbocycles. The van der Waals surface area contributed by atoms with Crippen molar-refractivity contribution >= 4 is 37.0 Å². The second-order valence-corrected chi connectivity index (χ2v) is 9.03. The molecule has 4 heterocycles. The Bertz CT molecular complexity index is 1580. The van der Waals surface area contributed by atoms with Gasteiger partial charge in [0.25, 0.3) is 0 Å². The first-order valence-electron chi connectivity index (χ1n) is 10.6. The van der Waals surface area contributed by atoms with Crippen LogP contribution in [0.2, 0.25) is 0 Å². The Hall–Kier alpha value is -3.56. The van der Waals surface area contributed by atoms with Gasteiger partial charge in [0.1, 0.15) is 4.70 Å². The van der Waals surface area contributed by atoms with Gasteiger partial charge in [-0.3, -0.25) is 0 Å². The third kappa shape index (κ3) is 3.01. The van der Waals surface area contributed by atoms with Gasteiger partial charge in [-0.1, -0.05) is 36.4 Å². The summed E-state index contributed by atoms with van der Waals surface area (Å²) in [5, 5.41) is 2.72. The summed E-state index contributed by atoms with van der Waals surface area (Å²) in [6.45, 7) is 3.00. The highest BCUT2D eigenvalue weighted by atomic mass is 32.1. The van der Waals surface area contributed by atoms with Crippen LogP contribution in [0.1, 0.15) is 11.1 Å². The van der Waals surface area contributed by atoms with Crippen molar-refractivity contribution in [2.45, 2.75) is 13.5 Å². The maximum absolute atomic E-state index is 2.37. The molecule has 31 heavy (non-hydrogen) atoms. The standard InChI is InChI=1S/C28H22N2S/c1-20-10-2-3-11-22(20)24-13-6-8-16-29(24)18-21-19-30-17-9-7-14-25(30)28-27(21)23-12-4-5-15-26(23)31-28/h2-17,19H,18H2,1H3/q+2. The molecule has 0 spiro atoms. The number of nitrogens with zero attached hydrogens (tertiary/aromatic N) is 2. The van der Waals surface area contributed by atoms with E-state index < -0.39 is 0 Å². The molecule has 0 bridgehead atoms. The summed E-state index contributed by atoms with van der Waals surface area (Å²) in [4.78, 5) is 0. The van der Waals surface area contributed by atoms with Gasteiger partial charge in [-0.15, -0.1) is 11.3 Å². The minimum atomic E-state index is 0.819. The fraction of sp³-hybridized carbons (Fsp3) is 0.0714. The molecule has 0 atom stereocenters. The number of fused-ring (bicyclic) bond motifs is 5. The van der Waals surface area contributed by atoms with Crippen LogP contribution >= 0.6 is 11.3 Å². The highest BCUT2D eigenvalue weighted by molar-refractivity contribution is 7.26. The highest BCUT2D eigenvalue weighted by Crippen LogP contribution is 2.37. The van der Waals surface area contributed by atoms with Gasteiger partial charge >= 0.3 is 0 Å². The number of aromatic nitrogens is 2. The molecule has 0 radical (unpaired) electrons. The summed E-state index contributed by atoms with van der Waals surface area (Å²) >= 11 is 1.89. The number of hydrogen-bond donors (Lipinski definition) is 0. The second-order valence-electron chi connectivity index (χ2n) is 7.98. The van der Waals surface area contributed by atoms with Crippen molar-refractivity contribution in [3.63, 3.8) is 0 Å². The zero-order valence-electron chi connectivity index (χ0n) is 17.3. The lowest BCUT2D eigenvalue weighted by Gasteiger charge is -2.07. The first-order chi connectivity index (χ1) is 15.3. The van der Waals surface area contributed by atoms with Crippen LogP contribution in [0.25, 0.3) is 36.9 Å². The summed E-state index contributed by atoms with van der Waals surface area (Å²) in [5.74, 6) is 0. The fourth-order valence-corrected chi connectivity index (χ4v) is 5.83. The third-order valence-electron chi connectivity index (χ3n) is 6.04. The topological polar surface area (TPSA) is 7.98 Å². The van der Waals surface area contributed by atoms with Crippen LogP contribution in [-0.4, -0.2) is 0 Å². The number of pyridine rings is 3. The van der Waals surface area contributed by atoms with Crippen molar-refractivity contribution < 1.29 is 8.97 Å².